The van der Waals surface area contributed by atoms with Crippen molar-refractivity contribution in [2.24, 2.45) is 0 Å². The van der Waals surface area contributed by atoms with Crippen LogP contribution in [0.5, 0.6) is 0 Å². The van der Waals surface area contributed by atoms with E-state index in [-0.39, 0.29) is 6.61 Å². The number of halogens is 3. The van der Waals surface area contributed by atoms with Crippen LogP contribution in [0.3, 0.4) is 0 Å². The molecule has 0 bridgehead atoms. The minimum absolute atomic E-state index is 0.0218. The summed E-state index contributed by atoms with van der Waals surface area (Å²) in [6, 6.07) is 17.0. The Hall–Kier alpha value is -1.85. The van der Waals surface area contributed by atoms with Crippen molar-refractivity contribution in [1.29, 1.82) is 0 Å². The number of aliphatic hydroxyl groups is 1. The van der Waals surface area contributed by atoms with Crippen molar-refractivity contribution >= 4 is 0 Å². The molecule has 0 heterocycles. The summed E-state index contributed by atoms with van der Waals surface area (Å²) in [6.07, 6.45) is -5.30. The van der Waals surface area contributed by atoms with Crippen LogP contribution in [0.1, 0.15) is 11.1 Å². The predicted molar refractivity (Wildman–Crippen MR) is 77.2 cm³/mol. The van der Waals surface area contributed by atoms with Crippen LogP contribution in [0, 0.1) is 0 Å². The second kappa shape index (κ2) is 6.94. The summed E-state index contributed by atoms with van der Waals surface area (Å²) in [5, 5.41) is 10.0. The minimum atomic E-state index is -4.76. The van der Waals surface area contributed by atoms with Gasteiger partial charge in [0.15, 0.2) is 5.60 Å². The van der Waals surface area contributed by atoms with Gasteiger partial charge in [-0.2, -0.15) is 13.2 Å². The number of benzene rings is 2. The Bertz CT molecular complexity index is 569. The topological polar surface area (TPSA) is 29.5 Å². The molecule has 0 amide bonds. The molecule has 1 atom stereocenters. The zero-order valence-corrected chi connectivity index (χ0v) is 11.9. The smallest absolute Gasteiger partial charge is 0.378 e. The van der Waals surface area contributed by atoms with Gasteiger partial charge in [-0.15, -0.1) is 0 Å². The summed E-state index contributed by atoms with van der Waals surface area (Å²) in [6.45, 7) is -0.783. The summed E-state index contributed by atoms with van der Waals surface area (Å²) < 4.78 is 44.7. The second-order valence-corrected chi connectivity index (χ2v) is 5.17. The number of ether oxygens (including phenoxy) is 1. The molecule has 2 aromatic carbocycles. The maximum Gasteiger partial charge on any atom is 0.419 e. The van der Waals surface area contributed by atoms with Crippen molar-refractivity contribution in [3.8, 4) is 0 Å². The Labute approximate surface area is 127 Å². The molecule has 2 rings (SSSR count). The normalized spacial score (nSPS) is 14.5. The van der Waals surface area contributed by atoms with Crippen molar-refractivity contribution in [2.75, 3.05) is 6.61 Å². The Morgan fingerprint density at radius 2 is 1.32 bits per heavy atom. The lowest BCUT2D eigenvalue weighted by molar-refractivity contribution is -0.275. The zero-order valence-electron chi connectivity index (χ0n) is 11.9. The van der Waals surface area contributed by atoms with Gasteiger partial charge in [-0.25, -0.2) is 0 Å². The predicted octanol–water partition coefficient (Wildman–Crippen LogP) is 3.74. The van der Waals surface area contributed by atoms with E-state index in [0.29, 0.717) is 5.56 Å². The Kier molecular flexibility index (Phi) is 5.21. The highest BCUT2D eigenvalue weighted by atomic mass is 19.4. The van der Waals surface area contributed by atoms with Gasteiger partial charge in [-0.1, -0.05) is 60.7 Å². The highest BCUT2D eigenvalue weighted by Crippen LogP contribution is 2.33. The molecule has 2 nitrogen and oxygen atoms in total. The van der Waals surface area contributed by atoms with Gasteiger partial charge in [-0.3, -0.25) is 0 Å². The molecule has 0 unspecified atom stereocenters. The molecule has 0 fully saturated rings. The fourth-order valence-corrected chi connectivity index (χ4v) is 2.08. The first-order chi connectivity index (χ1) is 10.4. The lowest BCUT2D eigenvalue weighted by Crippen LogP contribution is -2.51. The monoisotopic (exact) mass is 310 g/mol. The van der Waals surface area contributed by atoms with E-state index in [0.717, 1.165) is 5.56 Å². The van der Waals surface area contributed by atoms with Crippen LogP contribution in [-0.2, 0) is 17.8 Å². The van der Waals surface area contributed by atoms with Crippen molar-refractivity contribution < 1.29 is 23.0 Å². The van der Waals surface area contributed by atoms with Crippen molar-refractivity contribution in [2.45, 2.75) is 24.8 Å². The van der Waals surface area contributed by atoms with Gasteiger partial charge < -0.3 is 9.84 Å². The van der Waals surface area contributed by atoms with Crippen molar-refractivity contribution in [3.63, 3.8) is 0 Å². The largest absolute Gasteiger partial charge is 0.419 e. The van der Waals surface area contributed by atoms with Gasteiger partial charge in [0.1, 0.15) is 0 Å². The lowest BCUT2D eigenvalue weighted by Gasteiger charge is -2.30. The number of hydrogen-bond donors (Lipinski definition) is 1. The average Bonchev–Trinajstić information content (AvgIpc) is 2.48. The molecule has 22 heavy (non-hydrogen) atoms. The minimum Gasteiger partial charge on any atom is -0.378 e. The maximum atomic E-state index is 13.2. The van der Waals surface area contributed by atoms with E-state index in [1.54, 1.807) is 54.6 Å². The van der Waals surface area contributed by atoms with E-state index in [4.69, 9.17) is 4.74 Å². The zero-order chi connectivity index (χ0) is 16.1. The molecule has 0 saturated heterocycles. The van der Waals surface area contributed by atoms with Crippen LogP contribution in [0.25, 0.3) is 0 Å². The SMILES string of the molecule is O[C@@](COCc1ccccc1)(Cc1ccccc1)C(F)(F)F. The Balaban J connectivity index is 2.03. The molecule has 118 valence electrons. The van der Waals surface area contributed by atoms with Crippen LogP contribution in [0.2, 0.25) is 0 Å². The molecule has 0 aliphatic rings. The van der Waals surface area contributed by atoms with Gasteiger partial charge in [0, 0.05) is 6.42 Å². The van der Waals surface area contributed by atoms with Crippen LogP contribution < -0.4 is 0 Å². The van der Waals surface area contributed by atoms with E-state index in [1.807, 2.05) is 6.07 Å². The number of rotatable bonds is 6. The first-order valence-electron chi connectivity index (χ1n) is 6.85. The second-order valence-electron chi connectivity index (χ2n) is 5.17. The molecule has 0 spiro atoms. The molecule has 0 aliphatic heterocycles. The fraction of sp³-hybridized carbons (Fsp3) is 0.294. The van der Waals surface area contributed by atoms with Gasteiger partial charge in [-0.05, 0) is 11.1 Å². The maximum absolute atomic E-state index is 13.2. The molecular formula is C17H17F3O2. The lowest BCUT2D eigenvalue weighted by atomic mass is 9.94. The van der Waals surface area contributed by atoms with Crippen LogP contribution in [0.4, 0.5) is 13.2 Å². The summed E-state index contributed by atoms with van der Waals surface area (Å²) in [4.78, 5) is 0. The Morgan fingerprint density at radius 1 is 0.818 bits per heavy atom. The van der Waals surface area contributed by atoms with E-state index in [1.165, 1.54) is 0 Å². The third kappa shape index (κ3) is 4.32. The molecule has 2 aromatic rings. The third-order valence-electron chi connectivity index (χ3n) is 3.32. The molecular weight excluding hydrogens is 293 g/mol. The van der Waals surface area contributed by atoms with E-state index >= 15 is 0 Å². The summed E-state index contributed by atoms with van der Waals surface area (Å²) in [5.74, 6) is 0. The van der Waals surface area contributed by atoms with Crippen LogP contribution in [0.15, 0.2) is 60.7 Å². The van der Waals surface area contributed by atoms with Gasteiger partial charge >= 0.3 is 6.18 Å². The molecule has 0 radical (unpaired) electrons. The molecule has 0 saturated carbocycles. The van der Waals surface area contributed by atoms with Crippen LogP contribution >= 0.6 is 0 Å². The third-order valence-corrected chi connectivity index (χ3v) is 3.32. The first kappa shape index (κ1) is 16.5. The Morgan fingerprint density at radius 3 is 1.82 bits per heavy atom. The molecule has 0 aliphatic carbocycles. The van der Waals surface area contributed by atoms with Gasteiger partial charge in [0.05, 0.1) is 13.2 Å². The quantitative estimate of drug-likeness (QED) is 0.881. The van der Waals surface area contributed by atoms with Crippen LogP contribution in [-0.4, -0.2) is 23.5 Å². The standard InChI is InChI=1S/C17H17F3O2/c18-17(19,20)16(21,11-14-7-3-1-4-8-14)13-22-12-15-9-5-2-6-10-15/h1-10,21H,11-13H2/t16-/m1/s1. The summed E-state index contributed by atoms with van der Waals surface area (Å²) in [7, 11) is 0. The number of hydrogen-bond acceptors (Lipinski definition) is 2. The molecule has 5 heteroatoms. The summed E-state index contributed by atoms with van der Waals surface area (Å²) >= 11 is 0. The van der Waals surface area contributed by atoms with Gasteiger partial charge in [0.25, 0.3) is 0 Å². The first-order valence-corrected chi connectivity index (χ1v) is 6.85. The number of alkyl halides is 3. The van der Waals surface area contributed by atoms with E-state index in [9.17, 15) is 18.3 Å². The van der Waals surface area contributed by atoms with Crippen molar-refractivity contribution in [3.05, 3.63) is 71.8 Å². The van der Waals surface area contributed by atoms with Gasteiger partial charge in [0.2, 0.25) is 0 Å². The fourth-order valence-electron chi connectivity index (χ4n) is 2.08. The highest BCUT2D eigenvalue weighted by Gasteiger charge is 2.53. The average molecular weight is 310 g/mol. The highest BCUT2D eigenvalue weighted by molar-refractivity contribution is 5.18. The van der Waals surface area contributed by atoms with E-state index in [2.05, 4.69) is 0 Å². The summed E-state index contributed by atoms with van der Waals surface area (Å²) in [5.41, 5.74) is -1.74. The van der Waals surface area contributed by atoms with Crippen molar-refractivity contribution in [1.82, 2.24) is 0 Å². The molecule has 1 N–H and O–H groups in total. The van der Waals surface area contributed by atoms with E-state index < -0.39 is 24.8 Å². The molecule has 0 aromatic heterocycles.